The maximum atomic E-state index is 5.43. The lowest BCUT2D eigenvalue weighted by Crippen LogP contribution is -1.91. The molecule has 0 spiro atoms. The van der Waals surface area contributed by atoms with Crippen molar-refractivity contribution in [1.29, 1.82) is 0 Å². The van der Waals surface area contributed by atoms with Gasteiger partial charge in [-0.1, -0.05) is 13.3 Å². The molecule has 1 aromatic carbocycles. The van der Waals surface area contributed by atoms with Crippen LogP contribution in [-0.4, -0.2) is 19.2 Å². The lowest BCUT2D eigenvalue weighted by Gasteiger charge is -2.08. The molecule has 0 fully saturated rings. The molecule has 0 atom stereocenters. The third kappa shape index (κ3) is 3.10. The first-order valence-corrected chi connectivity index (χ1v) is 8.00. The van der Waals surface area contributed by atoms with E-state index in [4.69, 9.17) is 14.5 Å². The molecule has 0 aliphatic heterocycles. The number of nitrogens with zero attached hydrogens (tertiary/aromatic N) is 1. The average molecular weight is 309 g/mol. The Labute approximate surface area is 129 Å². The number of aromatic nitrogens is 1. The zero-order chi connectivity index (χ0) is 14.5. The highest BCUT2D eigenvalue weighted by atomic mass is 32.1. The van der Waals surface area contributed by atoms with Crippen LogP contribution in [0.15, 0.2) is 18.2 Å². The minimum absolute atomic E-state index is 0.722. The summed E-state index contributed by atoms with van der Waals surface area (Å²) >= 11 is 6.08. The number of hydrogen-bond acceptors (Lipinski definition) is 5. The molecule has 0 aliphatic carbocycles. The standard InChI is InChI=1S/C15H19NO2S2/c1-4-5-12-14(9-19)20-15(16-12)11-8-10(17-2)6-7-13(11)18-3/h6-8,19H,4-5,9H2,1-3H3. The third-order valence-electron chi connectivity index (χ3n) is 3.05. The fourth-order valence-electron chi connectivity index (χ4n) is 2.04. The van der Waals surface area contributed by atoms with Crippen molar-refractivity contribution in [2.45, 2.75) is 25.5 Å². The van der Waals surface area contributed by atoms with Gasteiger partial charge in [0.2, 0.25) is 0 Å². The summed E-state index contributed by atoms with van der Waals surface area (Å²) in [7, 11) is 3.33. The van der Waals surface area contributed by atoms with Crippen molar-refractivity contribution in [1.82, 2.24) is 4.98 Å². The first kappa shape index (κ1) is 15.2. The van der Waals surface area contributed by atoms with Gasteiger partial charge in [0.15, 0.2) is 0 Å². The summed E-state index contributed by atoms with van der Waals surface area (Å²) in [6.45, 7) is 2.16. The Kier molecular flexibility index (Phi) is 5.31. The fraction of sp³-hybridized carbons (Fsp3) is 0.400. The molecule has 3 nitrogen and oxygen atoms in total. The summed E-state index contributed by atoms with van der Waals surface area (Å²) in [5, 5.41) is 0.966. The number of thiazole rings is 1. The maximum absolute atomic E-state index is 5.43. The molecule has 0 saturated heterocycles. The Morgan fingerprint density at radius 3 is 2.65 bits per heavy atom. The Bertz CT molecular complexity index is 581. The molecule has 0 aliphatic rings. The SMILES string of the molecule is CCCc1nc(-c2cc(OC)ccc2OC)sc1CS. The van der Waals surface area contributed by atoms with Gasteiger partial charge in [-0.25, -0.2) is 4.98 Å². The van der Waals surface area contributed by atoms with Crippen LogP contribution in [-0.2, 0) is 12.2 Å². The van der Waals surface area contributed by atoms with E-state index in [1.807, 2.05) is 18.2 Å². The van der Waals surface area contributed by atoms with E-state index in [0.717, 1.165) is 46.4 Å². The number of hydrogen-bond donors (Lipinski definition) is 1. The van der Waals surface area contributed by atoms with Crippen LogP contribution in [0.25, 0.3) is 10.6 Å². The van der Waals surface area contributed by atoms with Crippen LogP contribution in [0.3, 0.4) is 0 Å². The molecule has 0 unspecified atom stereocenters. The molecular formula is C15H19NO2S2. The highest BCUT2D eigenvalue weighted by Crippen LogP contribution is 2.37. The number of thiol groups is 1. The van der Waals surface area contributed by atoms with Crippen molar-refractivity contribution in [3.8, 4) is 22.1 Å². The average Bonchev–Trinajstić information content (AvgIpc) is 2.90. The molecule has 0 radical (unpaired) electrons. The van der Waals surface area contributed by atoms with Crippen molar-refractivity contribution >= 4 is 24.0 Å². The van der Waals surface area contributed by atoms with Gasteiger partial charge < -0.3 is 9.47 Å². The Morgan fingerprint density at radius 1 is 1.25 bits per heavy atom. The second kappa shape index (κ2) is 6.99. The largest absolute Gasteiger partial charge is 0.497 e. The van der Waals surface area contributed by atoms with E-state index >= 15 is 0 Å². The van der Waals surface area contributed by atoms with Gasteiger partial charge in [0.05, 0.1) is 25.5 Å². The van der Waals surface area contributed by atoms with Crippen LogP contribution < -0.4 is 9.47 Å². The number of rotatable bonds is 6. The van der Waals surface area contributed by atoms with Crippen LogP contribution in [0.5, 0.6) is 11.5 Å². The predicted octanol–water partition coefficient (Wildman–Crippen LogP) is 4.21. The Morgan fingerprint density at radius 2 is 2.05 bits per heavy atom. The molecule has 2 aromatic rings. The Hall–Kier alpha value is -1.20. The summed E-state index contributed by atoms with van der Waals surface area (Å²) < 4.78 is 10.7. The minimum Gasteiger partial charge on any atom is -0.497 e. The lowest BCUT2D eigenvalue weighted by molar-refractivity contribution is 0.404. The van der Waals surface area contributed by atoms with Crippen molar-refractivity contribution < 1.29 is 9.47 Å². The van der Waals surface area contributed by atoms with Crippen LogP contribution in [0.4, 0.5) is 0 Å². The van der Waals surface area contributed by atoms with E-state index in [1.54, 1.807) is 25.6 Å². The smallest absolute Gasteiger partial charge is 0.129 e. The summed E-state index contributed by atoms with van der Waals surface area (Å²) in [4.78, 5) is 5.99. The third-order valence-corrected chi connectivity index (χ3v) is 4.71. The summed E-state index contributed by atoms with van der Waals surface area (Å²) in [6.07, 6.45) is 2.07. The van der Waals surface area contributed by atoms with E-state index < -0.39 is 0 Å². The first-order chi connectivity index (χ1) is 9.73. The number of aryl methyl sites for hydroxylation is 1. The van der Waals surface area contributed by atoms with Crippen LogP contribution in [0, 0.1) is 0 Å². The number of methoxy groups -OCH3 is 2. The van der Waals surface area contributed by atoms with E-state index in [2.05, 4.69) is 19.6 Å². The molecule has 0 amide bonds. The molecule has 0 N–H and O–H groups in total. The predicted molar refractivity (Wildman–Crippen MR) is 87.3 cm³/mol. The molecule has 20 heavy (non-hydrogen) atoms. The van der Waals surface area contributed by atoms with Crippen molar-refractivity contribution in [3.05, 3.63) is 28.8 Å². The molecule has 0 saturated carbocycles. The van der Waals surface area contributed by atoms with Crippen LogP contribution in [0.2, 0.25) is 0 Å². The monoisotopic (exact) mass is 309 g/mol. The van der Waals surface area contributed by atoms with E-state index in [1.165, 1.54) is 4.88 Å². The number of ether oxygens (including phenoxy) is 2. The van der Waals surface area contributed by atoms with Gasteiger partial charge in [0.1, 0.15) is 16.5 Å². The number of benzene rings is 1. The fourth-order valence-corrected chi connectivity index (χ4v) is 3.40. The van der Waals surface area contributed by atoms with Crippen molar-refractivity contribution in [2.24, 2.45) is 0 Å². The van der Waals surface area contributed by atoms with Crippen molar-refractivity contribution in [2.75, 3.05) is 14.2 Å². The highest BCUT2D eigenvalue weighted by molar-refractivity contribution is 7.79. The molecule has 5 heteroatoms. The molecule has 2 rings (SSSR count). The zero-order valence-electron chi connectivity index (χ0n) is 12.0. The molecular weight excluding hydrogens is 290 g/mol. The Balaban J connectivity index is 2.49. The summed E-state index contributed by atoms with van der Waals surface area (Å²) in [6, 6.07) is 5.77. The molecule has 0 bridgehead atoms. The van der Waals surface area contributed by atoms with E-state index in [0.29, 0.717) is 0 Å². The van der Waals surface area contributed by atoms with Gasteiger partial charge in [0, 0.05) is 10.6 Å². The highest BCUT2D eigenvalue weighted by Gasteiger charge is 2.15. The van der Waals surface area contributed by atoms with Gasteiger partial charge in [-0.2, -0.15) is 12.6 Å². The first-order valence-electron chi connectivity index (χ1n) is 6.55. The summed E-state index contributed by atoms with van der Waals surface area (Å²) in [5.41, 5.74) is 2.12. The molecule has 108 valence electrons. The molecule has 1 aromatic heterocycles. The minimum atomic E-state index is 0.722. The van der Waals surface area contributed by atoms with E-state index in [9.17, 15) is 0 Å². The van der Waals surface area contributed by atoms with E-state index in [-0.39, 0.29) is 0 Å². The summed E-state index contributed by atoms with van der Waals surface area (Å²) in [5.74, 6) is 2.34. The second-order valence-corrected chi connectivity index (χ2v) is 5.76. The van der Waals surface area contributed by atoms with Crippen LogP contribution >= 0.6 is 24.0 Å². The maximum Gasteiger partial charge on any atom is 0.129 e. The quantitative estimate of drug-likeness (QED) is 0.811. The van der Waals surface area contributed by atoms with Crippen molar-refractivity contribution in [3.63, 3.8) is 0 Å². The normalized spacial score (nSPS) is 10.6. The zero-order valence-corrected chi connectivity index (χ0v) is 13.7. The lowest BCUT2D eigenvalue weighted by atomic mass is 10.2. The molecule has 1 heterocycles. The second-order valence-electron chi connectivity index (χ2n) is 4.36. The van der Waals surface area contributed by atoms with Gasteiger partial charge in [-0.3, -0.25) is 0 Å². The van der Waals surface area contributed by atoms with Gasteiger partial charge >= 0.3 is 0 Å². The van der Waals surface area contributed by atoms with Gasteiger partial charge in [0.25, 0.3) is 0 Å². The van der Waals surface area contributed by atoms with Crippen LogP contribution in [0.1, 0.15) is 23.9 Å². The topological polar surface area (TPSA) is 31.4 Å². The van der Waals surface area contributed by atoms with Gasteiger partial charge in [-0.15, -0.1) is 11.3 Å². The van der Waals surface area contributed by atoms with Gasteiger partial charge in [-0.05, 0) is 24.6 Å².